The van der Waals surface area contributed by atoms with E-state index in [1.807, 2.05) is 22.8 Å². The van der Waals surface area contributed by atoms with Crippen molar-refractivity contribution < 1.29 is 14.6 Å². The largest absolute Gasteiger partial charge is 0.486 e. The van der Waals surface area contributed by atoms with Crippen molar-refractivity contribution >= 4 is 11.0 Å². The highest BCUT2D eigenvalue weighted by Crippen LogP contribution is 2.33. The van der Waals surface area contributed by atoms with E-state index in [1.54, 1.807) is 6.33 Å². The number of hydrogen-bond acceptors (Lipinski definition) is 4. The molecule has 24 heavy (non-hydrogen) atoms. The fraction of sp³-hybridized carbons (Fsp3) is 0.316. The van der Waals surface area contributed by atoms with Crippen molar-refractivity contribution in [2.75, 3.05) is 13.2 Å². The van der Waals surface area contributed by atoms with Gasteiger partial charge in [0.05, 0.1) is 30.0 Å². The van der Waals surface area contributed by atoms with Crippen LogP contribution in [0.4, 0.5) is 0 Å². The lowest BCUT2D eigenvalue weighted by Gasteiger charge is -2.20. The summed E-state index contributed by atoms with van der Waals surface area (Å²) in [7, 11) is 0. The number of aliphatic hydroxyl groups is 1. The van der Waals surface area contributed by atoms with Gasteiger partial charge >= 0.3 is 0 Å². The zero-order chi connectivity index (χ0) is 16.7. The molecule has 3 aromatic rings. The van der Waals surface area contributed by atoms with E-state index in [2.05, 4.69) is 31.0 Å². The number of hydrogen-bond donors (Lipinski definition) is 1. The third kappa shape index (κ3) is 2.61. The number of nitrogens with zero attached hydrogens (tertiary/aromatic N) is 2. The molecule has 1 N–H and O–H groups in total. The maximum Gasteiger partial charge on any atom is 0.161 e. The highest BCUT2D eigenvalue weighted by Gasteiger charge is 2.16. The zero-order valence-corrected chi connectivity index (χ0v) is 13.8. The Labute approximate surface area is 140 Å². The van der Waals surface area contributed by atoms with Crippen LogP contribution in [0.2, 0.25) is 0 Å². The average molecular weight is 324 g/mol. The molecule has 1 aliphatic rings. The van der Waals surface area contributed by atoms with E-state index in [0.717, 1.165) is 22.3 Å². The molecular formula is C19H20N2O3. The van der Waals surface area contributed by atoms with E-state index in [4.69, 9.17) is 9.47 Å². The molecule has 5 nitrogen and oxygen atoms in total. The van der Waals surface area contributed by atoms with Gasteiger partial charge in [-0.3, -0.25) is 0 Å². The first-order valence-electron chi connectivity index (χ1n) is 8.11. The molecule has 0 radical (unpaired) electrons. The van der Waals surface area contributed by atoms with Crippen LogP contribution in [0.1, 0.15) is 22.8 Å². The second-order valence-corrected chi connectivity index (χ2v) is 6.24. The van der Waals surface area contributed by atoms with Crippen LogP contribution in [0.3, 0.4) is 0 Å². The molecule has 2 heterocycles. The molecule has 0 bridgehead atoms. The number of ether oxygens (including phenoxy) is 2. The number of aliphatic hydroxyl groups excluding tert-OH is 1. The molecule has 0 fully saturated rings. The third-order valence-electron chi connectivity index (χ3n) is 4.56. The van der Waals surface area contributed by atoms with Crippen LogP contribution in [0.5, 0.6) is 11.5 Å². The van der Waals surface area contributed by atoms with Gasteiger partial charge in [0.15, 0.2) is 11.5 Å². The molecule has 1 atom stereocenters. The van der Waals surface area contributed by atoms with Crippen molar-refractivity contribution in [3.63, 3.8) is 0 Å². The molecule has 0 amide bonds. The third-order valence-corrected chi connectivity index (χ3v) is 4.56. The Morgan fingerprint density at radius 3 is 2.67 bits per heavy atom. The summed E-state index contributed by atoms with van der Waals surface area (Å²) in [6.45, 7) is 5.71. The van der Waals surface area contributed by atoms with Crippen LogP contribution in [0.25, 0.3) is 11.0 Å². The Bertz CT molecular complexity index is 901. The molecule has 4 rings (SSSR count). The molecule has 124 valence electrons. The maximum atomic E-state index is 10.6. The zero-order valence-electron chi connectivity index (χ0n) is 13.8. The lowest BCUT2D eigenvalue weighted by Crippen LogP contribution is -2.16. The fourth-order valence-corrected chi connectivity index (χ4v) is 3.02. The standard InChI is InChI=1S/C19H20N2O3/c1-12-7-15-16(8-13(12)2)21(11-20-15)10-17(22)14-3-4-18-19(9-14)24-6-5-23-18/h3-4,7-9,11,17,22H,5-6,10H2,1-2H3. The molecule has 0 spiro atoms. The van der Waals surface area contributed by atoms with E-state index >= 15 is 0 Å². The Morgan fingerprint density at radius 1 is 1.08 bits per heavy atom. The number of aryl methyl sites for hydroxylation is 2. The molecule has 1 aliphatic heterocycles. The highest BCUT2D eigenvalue weighted by atomic mass is 16.6. The molecule has 1 unspecified atom stereocenters. The summed E-state index contributed by atoms with van der Waals surface area (Å²) in [5.41, 5.74) is 5.24. The van der Waals surface area contributed by atoms with Crippen molar-refractivity contribution in [1.29, 1.82) is 0 Å². The second kappa shape index (κ2) is 5.83. The molecule has 2 aromatic carbocycles. The van der Waals surface area contributed by atoms with Gasteiger partial charge in [-0.15, -0.1) is 0 Å². The summed E-state index contributed by atoms with van der Waals surface area (Å²) in [4.78, 5) is 4.44. The molecule has 0 aliphatic carbocycles. The van der Waals surface area contributed by atoms with Crippen LogP contribution in [-0.4, -0.2) is 27.9 Å². The summed E-state index contributed by atoms with van der Waals surface area (Å²) < 4.78 is 13.1. The van der Waals surface area contributed by atoms with E-state index in [0.29, 0.717) is 25.5 Å². The fourth-order valence-electron chi connectivity index (χ4n) is 3.02. The second-order valence-electron chi connectivity index (χ2n) is 6.24. The summed E-state index contributed by atoms with van der Waals surface area (Å²) in [6.07, 6.45) is 1.14. The quantitative estimate of drug-likeness (QED) is 0.804. The number of aromatic nitrogens is 2. The number of rotatable bonds is 3. The van der Waals surface area contributed by atoms with Gasteiger partial charge in [0.1, 0.15) is 13.2 Å². The van der Waals surface area contributed by atoms with E-state index in [9.17, 15) is 5.11 Å². The summed E-state index contributed by atoms with van der Waals surface area (Å²) in [5, 5.41) is 10.6. The lowest BCUT2D eigenvalue weighted by molar-refractivity contribution is 0.153. The smallest absolute Gasteiger partial charge is 0.161 e. The van der Waals surface area contributed by atoms with Gasteiger partial charge in [0.25, 0.3) is 0 Å². The SMILES string of the molecule is Cc1cc2ncn(CC(O)c3ccc4c(c3)OCCO4)c2cc1C. The van der Waals surface area contributed by atoms with Gasteiger partial charge in [-0.05, 0) is 54.8 Å². The van der Waals surface area contributed by atoms with Gasteiger partial charge in [-0.2, -0.15) is 0 Å². The number of fused-ring (bicyclic) bond motifs is 2. The van der Waals surface area contributed by atoms with Gasteiger partial charge in [-0.25, -0.2) is 4.98 Å². The van der Waals surface area contributed by atoms with Crippen molar-refractivity contribution in [1.82, 2.24) is 9.55 Å². The van der Waals surface area contributed by atoms with Gasteiger partial charge in [-0.1, -0.05) is 6.07 Å². The maximum absolute atomic E-state index is 10.6. The minimum atomic E-state index is -0.639. The topological polar surface area (TPSA) is 56.5 Å². The van der Waals surface area contributed by atoms with Crippen molar-refractivity contribution in [3.8, 4) is 11.5 Å². The van der Waals surface area contributed by atoms with E-state index in [-0.39, 0.29) is 0 Å². The van der Waals surface area contributed by atoms with Gasteiger partial charge in [0, 0.05) is 0 Å². The average Bonchev–Trinajstić information content (AvgIpc) is 2.96. The number of benzene rings is 2. The van der Waals surface area contributed by atoms with Crippen LogP contribution in [0.15, 0.2) is 36.7 Å². The normalized spacial score (nSPS) is 14.8. The minimum Gasteiger partial charge on any atom is -0.486 e. The molecular weight excluding hydrogens is 304 g/mol. The Morgan fingerprint density at radius 2 is 1.83 bits per heavy atom. The van der Waals surface area contributed by atoms with Crippen LogP contribution >= 0.6 is 0 Å². The predicted molar refractivity (Wildman–Crippen MR) is 91.6 cm³/mol. The predicted octanol–water partition coefficient (Wildman–Crippen LogP) is 3.16. The van der Waals surface area contributed by atoms with E-state index in [1.165, 1.54) is 11.1 Å². The van der Waals surface area contributed by atoms with Crippen molar-refractivity contribution in [2.45, 2.75) is 26.5 Å². The lowest BCUT2D eigenvalue weighted by atomic mass is 10.1. The Hall–Kier alpha value is -2.53. The monoisotopic (exact) mass is 324 g/mol. The first-order valence-corrected chi connectivity index (χ1v) is 8.11. The summed E-state index contributed by atoms with van der Waals surface area (Å²) in [5.74, 6) is 1.43. The summed E-state index contributed by atoms with van der Waals surface area (Å²) >= 11 is 0. The van der Waals surface area contributed by atoms with Crippen molar-refractivity contribution in [2.24, 2.45) is 0 Å². The number of imidazole rings is 1. The molecule has 0 saturated carbocycles. The van der Waals surface area contributed by atoms with Gasteiger partial charge < -0.3 is 19.1 Å². The first-order chi connectivity index (χ1) is 11.6. The molecule has 1 aromatic heterocycles. The minimum absolute atomic E-state index is 0.443. The molecule has 5 heteroatoms. The Balaban J connectivity index is 1.62. The van der Waals surface area contributed by atoms with E-state index < -0.39 is 6.10 Å². The molecule has 0 saturated heterocycles. The summed E-state index contributed by atoms with van der Waals surface area (Å²) in [6, 6.07) is 9.79. The van der Waals surface area contributed by atoms with Crippen molar-refractivity contribution in [3.05, 3.63) is 53.3 Å². The van der Waals surface area contributed by atoms with Crippen LogP contribution in [0, 0.1) is 13.8 Å². The van der Waals surface area contributed by atoms with Crippen LogP contribution < -0.4 is 9.47 Å². The Kier molecular flexibility index (Phi) is 3.65. The highest BCUT2D eigenvalue weighted by molar-refractivity contribution is 5.77. The van der Waals surface area contributed by atoms with Gasteiger partial charge in [0.2, 0.25) is 0 Å². The van der Waals surface area contributed by atoms with Crippen LogP contribution in [-0.2, 0) is 6.54 Å². The first kappa shape index (κ1) is 15.0.